The molecule has 0 spiro atoms. The minimum Gasteiger partial charge on any atom is -0.366 e. The fourth-order valence-corrected chi connectivity index (χ4v) is 4.71. The van der Waals surface area contributed by atoms with Gasteiger partial charge >= 0.3 is 0 Å². The quantitative estimate of drug-likeness (QED) is 0.162. The molecular weight excluding hydrogens is 532 g/mol. The van der Waals surface area contributed by atoms with Crippen molar-refractivity contribution in [1.82, 2.24) is 5.32 Å². The highest BCUT2D eigenvalue weighted by Crippen LogP contribution is 2.22. The van der Waals surface area contributed by atoms with Gasteiger partial charge in [-0.05, 0) is 78.2 Å². The van der Waals surface area contributed by atoms with Crippen LogP contribution in [0.15, 0.2) is 107 Å². The van der Waals surface area contributed by atoms with Gasteiger partial charge in [-0.2, -0.15) is 0 Å². The maximum atomic E-state index is 13.1. The lowest BCUT2D eigenvalue weighted by Gasteiger charge is -2.11. The van der Waals surface area contributed by atoms with E-state index in [4.69, 9.17) is 5.73 Å². The molecule has 196 valence electrons. The first kappa shape index (κ1) is 27.4. The van der Waals surface area contributed by atoms with Gasteiger partial charge < -0.3 is 21.7 Å². The zero-order chi connectivity index (χ0) is 27.6. The number of primary amides is 1. The largest absolute Gasteiger partial charge is 0.366 e. The standard InChI is InChI=1S/C29H24N4O4S2/c30-27(35)19-8-10-21(11-9-19)31-26(34)18-39-23-14-12-22(13-15-23)32-29(37)25(17-24-7-4-16-38-24)33-28(36)20-5-2-1-3-6-20/h1-17H,18H2,(H2,30,35)(H,31,34)(H,32,37)(H,33,36)/b25-17-. The van der Waals surface area contributed by atoms with E-state index in [1.807, 2.05) is 23.6 Å². The molecule has 0 atom stereocenters. The number of anilines is 2. The Balaban J connectivity index is 1.34. The number of hydrogen-bond acceptors (Lipinski definition) is 6. The number of thioether (sulfide) groups is 1. The lowest BCUT2D eigenvalue weighted by atomic mass is 10.2. The van der Waals surface area contributed by atoms with Gasteiger partial charge in [0.15, 0.2) is 0 Å². The molecule has 4 aromatic rings. The van der Waals surface area contributed by atoms with E-state index in [0.717, 1.165) is 9.77 Å². The van der Waals surface area contributed by atoms with Gasteiger partial charge in [-0.25, -0.2) is 0 Å². The third kappa shape index (κ3) is 8.16. The van der Waals surface area contributed by atoms with E-state index in [-0.39, 0.29) is 23.3 Å². The van der Waals surface area contributed by atoms with Gasteiger partial charge in [-0.15, -0.1) is 23.1 Å². The number of benzene rings is 3. The van der Waals surface area contributed by atoms with Crippen LogP contribution in [-0.2, 0) is 9.59 Å². The molecule has 3 aromatic carbocycles. The Kier molecular flexibility index (Phi) is 9.28. The predicted octanol–water partition coefficient (Wildman–Crippen LogP) is 4.99. The molecule has 10 heteroatoms. The summed E-state index contributed by atoms with van der Waals surface area (Å²) in [5.74, 6) is -1.42. The molecule has 0 saturated carbocycles. The smallest absolute Gasteiger partial charge is 0.272 e. The van der Waals surface area contributed by atoms with Gasteiger partial charge in [0.2, 0.25) is 11.8 Å². The molecule has 4 rings (SSSR count). The van der Waals surface area contributed by atoms with Crippen molar-refractivity contribution < 1.29 is 19.2 Å². The Labute approximate surface area is 233 Å². The highest BCUT2D eigenvalue weighted by atomic mass is 32.2. The first-order valence-corrected chi connectivity index (χ1v) is 13.6. The van der Waals surface area contributed by atoms with Gasteiger partial charge in [0.05, 0.1) is 5.75 Å². The fraction of sp³-hybridized carbons (Fsp3) is 0.0345. The maximum absolute atomic E-state index is 13.1. The van der Waals surface area contributed by atoms with Crippen LogP contribution in [0.25, 0.3) is 6.08 Å². The number of thiophene rings is 1. The summed E-state index contributed by atoms with van der Waals surface area (Å²) in [7, 11) is 0. The Morgan fingerprint density at radius 2 is 1.44 bits per heavy atom. The van der Waals surface area contributed by atoms with E-state index in [0.29, 0.717) is 22.5 Å². The number of rotatable bonds is 10. The summed E-state index contributed by atoms with van der Waals surface area (Å²) in [6.45, 7) is 0. The normalized spacial score (nSPS) is 10.9. The molecule has 0 aliphatic heterocycles. The maximum Gasteiger partial charge on any atom is 0.272 e. The van der Waals surface area contributed by atoms with Crippen LogP contribution in [0.3, 0.4) is 0 Å². The van der Waals surface area contributed by atoms with E-state index in [1.54, 1.807) is 78.9 Å². The highest BCUT2D eigenvalue weighted by molar-refractivity contribution is 8.00. The summed E-state index contributed by atoms with van der Waals surface area (Å²) in [5.41, 5.74) is 7.25. The molecule has 8 nitrogen and oxygen atoms in total. The molecular formula is C29H24N4O4S2. The van der Waals surface area contributed by atoms with Crippen molar-refractivity contribution in [1.29, 1.82) is 0 Å². The number of carbonyl (C=O) groups is 4. The average Bonchev–Trinajstić information content (AvgIpc) is 3.46. The summed E-state index contributed by atoms with van der Waals surface area (Å²) in [6.07, 6.45) is 1.63. The van der Waals surface area contributed by atoms with Gasteiger partial charge in [-0.1, -0.05) is 24.3 Å². The molecule has 0 aliphatic rings. The van der Waals surface area contributed by atoms with Gasteiger partial charge in [0.1, 0.15) is 5.70 Å². The van der Waals surface area contributed by atoms with Crippen LogP contribution in [0, 0.1) is 0 Å². The number of carbonyl (C=O) groups excluding carboxylic acids is 4. The molecule has 0 unspecified atom stereocenters. The van der Waals surface area contributed by atoms with E-state index < -0.39 is 11.8 Å². The summed E-state index contributed by atoms with van der Waals surface area (Å²) >= 11 is 2.78. The van der Waals surface area contributed by atoms with Crippen molar-refractivity contribution >= 4 is 64.2 Å². The number of amides is 4. The van der Waals surface area contributed by atoms with Crippen molar-refractivity contribution in [3.8, 4) is 0 Å². The van der Waals surface area contributed by atoms with Crippen LogP contribution in [0.1, 0.15) is 25.6 Å². The van der Waals surface area contributed by atoms with Gasteiger partial charge in [-0.3, -0.25) is 19.2 Å². The second-order valence-electron chi connectivity index (χ2n) is 8.15. The minimum atomic E-state index is -0.533. The average molecular weight is 557 g/mol. The molecule has 1 aromatic heterocycles. The molecule has 0 radical (unpaired) electrons. The van der Waals surface area contributed by atoms with Crippen LogP contribution in [0.5, 0.6) is 0 Å². The van der Waals surface area contributed by atoms with E-state index in [1.165, 1.54) is 23.1 Å². The van der Waals surface area contributed by atoms with E-state index in [9.17, 15) is 19.2 Å². The second kappa shape index (κ2) is 13.2. The fourth-order valence-electron chi connectivity index (χ4n) is 3.35. The second-order valence-corrected chi connectivity index (χ2v) is 10.2. The molecule has 0 aliphatic carbocycles. The minimum absolute atomic E-state index is 0.116. The topological polar surface area (TPSA) is 130 Å². The van der Waals surface area contributed by atoms with E-state index >= 15 is 0 Å². The molecule has 1 heterocycles. The lowest BCUT2D eigenvalue weighted by molar-refractivity contribution is -0.114. The SMILES string of the molecule is NC(=O)c1ccc(NC(=O)CSc2ccc(NC(=O)/C(=C/c3cccs3)NC(=O)c3ccccc3)cc2)cc1. The van der Waals surface area contributed by atoms with Crippen molar-refractivity contribution in [2.24, 2.45) is 5.73 Å². The van der Waals surface area contributed by atoms with Crippen molar-refractivity contribution in [3.05, 3.63) is 118 Å². The van der Waals surface area contributed by atoms with Crippen molar-refractivity contribution in [3.63, 3.8) is 0 Å². The Morgan fingerprint density at radius 1 is 0.769 bits per heavy atom. The third-order valence-electron chi connectivity index (χ3n) is 5.29. The Hall–Kier alpha value is -4.67. The molecule has 0 bridgehead atoms. The summed E-state index contributed by atoms with van der Waals surface area (Å²) in [4.78, 5) is 50.9. The van der Waals surface area contributed by atoms with Crippen LogP contribution in [0.2, 0.25) is 0 Å². The van der Waals surface area contributed by atoms with Crippen LogP contribution in [-0.4, -0.2) is 29.4 Å². The zero-order valence-electron chi connectivity index (χ0n) is 20.5. The first-order chi connectivity index (χ1) is 18.9. The van der Waals surface area contributed by atoms with E-state index in [2.05, 4.69) is 16.0 Å². The zero-order valence-corrected chi connectivity index (χ0v) is 22.2. The summed E-state index contributed by atoms with van der Waals surface area (Å²) in [6, 6.07) is 25.7. The molecule has 0 saturated heterocycles. The molecule has 4 amide bonds. The van der Waals surface area contributed by atoms with Crippen LogP contribution in [0.4, 0.5) is 11.4 Å². The lowest BCUT2D eigenvalue weighted by Crippen LogP contribution is -2.30. The molecule has 39 heavy (non-hydrogen) atoms. The highest BCUT2D eigenvalue weighted by Gasteiger charge is 2.15. The number of hydrogen-bond donors (Lipinski definition) is 4. The van der Waals surface area contributed by atoms with Crippen molar-refractivity contribution in [2.75, 3.05) is 16.4 Å². The third-order valence-corrected chi connectivity index (χ3v) is 7.13. The van der Waals surface area contributed by atoms with Gasteiger partial charge in [0.25, 0.3) is 11.8 Å². The van der Waals surface area contributed by atoms with Crippen LogP contribution < -0.4 is 21.7 Å². The predicted molar refractivity (Wildman–Crippen MR) is 156 cm³/mol. The summed E-state index contributed by atoms with van der Waals surface area (Å²) < 4.78 is 0. The van der Waals surface area contributed by atoms with Gasteiger partial charge in [0, 0.05) is 32.3 Å². The summed E-state index contributed by atoms with van der Waals surface area (Å²) in [5, 5.41) is 10.2. The molecule has 0 fully saturated rings. The Bertz CT molecular complexity index is 1480. The van der Waals surface area contributed by atoms with Crippen molar-refractivity contribution in [2.45, 2.75) is 4.90 Å². The monoisotopic (exact) mass is 556 g/mol. The molecule has 5 N–H and O–H groups in total. The Morgan fingerprint density at radius 3 is 2.08 bits per heavy atom. The number of nitrogens with one attached hydrogen (secondary N) is 3. The number of nitrogens with two attached hydrogens (primary N) is 1. The first-order valence-electron chi connectivity index (χ1n) is 11.7. The van der Waals surface area contributed by atoms with Crippen LogP contribution >= 0.6 is 23.1 Å².